The normalized spacial score (nSPS) is 7.33. The van der Waals surface area contributed by atoms with Crippen LogP contribution in [0, 0.1) is 6.92 Å². The number of esters is 1. The second-order valence-corrected chi connectivity index (χ2v) is 2.19. The van der Waals surface area contributed by atoms with E-state index in [0.29, 0.717) is 6.61 Å². The minimum absolute atomic E-state index is 0. The molecule has 0 bridgehead atoms. The number of ether oxygens (including phenoxy) is 1. The van der Waals surface area contributed by atoms with Crippen LogP contribution in [0.4, 0.5) is 0 Å². The van der Waals surface area contributed by atoms with E-state index in [4.69, 9.17) is 0 Å². The Hall–Kier alpha value is -0.0105. The van der Waals surface area contributed by atoms with Gasteiger partial charge in [-0.3, -0.25) is 4.79 Å². The molecule has 0 rings (SSSR count). The molecule has 0 aromatic heterocycles. The summed E-state index contributed by atoms with van der Waals surface area (Å²) in [4.78, 5) is 9.98. The van der Waals surface area contributed by atoms with Gasteiger partial charge in [0.05, 0.1) is 6.61 Å². The van der Waals surface area contributed by atoms with Gasteiger partial charge in [0.25, 0.3) is 0 Å². The number of carbonyl (C=O) groups is 1. The van der Waals surface area contributed by atoms with Crippen molar-refractivity contribution in [3.05, 3.63) is 6.92 Å². The molecule has 0 aliphatic carbocycles. The molecule has 0 saturated heterocycles. The summed E-state index contributed by atoms with van der Waals surface area (Å²) in [6.45, 7) is 9.65. The van der Waals surface area contributed by atoms with Gasteiger partial charge in [0.1, 0.15) is 0 Å². The molecule has 0 N–H and O–H groups in total. The number of carbonyl (C=O) groups excluding carboxylic acids is 1. The Bertz CT molecular complexity index is 82.6. The van der Waals surface area contributed by atoms with Gasteiger partial charge in [0.15, 0.2) is 0 Å². The molecule has 0 aliphatic rings. The fraction of sp³-hybridized carbons (Fsp3) is 0.778. The first-order valence-electron chi connectivity index (χ1n) is 4.11. The third-order valence-electron chi connectivity index (χ3n) is 0.863. The van der Waals surface area contributed by atoms with E-state index in [1.165, 1.54) is 13.3 Å². The Morgan fingerprint density at radius 2 is 1.75 bits per heavy atom. The summed E-state index contributed by atoms with van der Waals surface area (Å²) in [6, 6.07) is 0. The minimum atomic E-state index is -0.193. The summed E-state index contributed by atoms with van der Waals surface area (Å²) in [6.07, 6.45) is 3.18. The first-order valence-corrected chi connectivity index (χ1v) is 4.11. The largest absolute Gasteiger partial charge is 0.466 e. The van der Waals surface area contributed by atoms with Gasteiger partial charge in [-0.2, -0.15) is 6.42 Å². The van der Waals surface area contributed by atoms with E-state index in [1.807, 2.05) is 6.92 Å². The average Bonchev–Trinajstić information content (AvgIpc) is 2.01. The first kappa shape index (κ1) is 17.9. The van der Waals surface area contributed by atoms with Gasteiger partial charge in [-0.15, -0.1) is 0 Å². The van der Waals surface area contributed by atoms with Crippen LogP contribution in [0.5, 0.6) is 0 Å². The maximum Gasteiger partial charge on any atom is 0.302 e. The number of unbranched alkanes of at least 4 members (excludes halogenated alkanes) is 1. The van der Waals surface area contributed by atoms with Crippen molar-refractivity contribution < 1.29 is 26.6 Å². The zero-order chi connectivity index (χ0) is 9.11. The van der Waals surface area contributed by atoms with Crippen molar-refractivity contribution in [2.24, 2.45) is 0 Å². The van der Waals surface area contributed by atoms with E-state index < -0.39 is 0 Å². The van der Waals surface area contributed by atoms with Crippen molar-refractivity contribution in [2.45, 2.75) is 40.0 Å². The molecular formula is C9H19FeO2-. The van der Waals surface area contributed by atoms with E-state index in [0.717, 1.165) is 12.8 Å². The van der Waals surface area contributed by atoms with Gasteiger partial charge in [-0.1, -0.05) is 20.3 Å². The molecule has 0 aromatic carbocycles. The van der Waals surface area contributed by atoms with Gasteiger partial charge in [0.2, 0.25) is 0 Å². The van der Waals surface area contributed by atoms with Crippen molar-refractivity contribution in [3.63, 3.8) is 0 Å². The fourth-order valence-electron chi connectivity index (χ4n) is 0.246. The summed E-state index contributed by atoms with van der Waals surface area (Å²) in [5, 5.41) is 0. The predicted molar refractivity (Wildman–Crippen MR) is 47.2 cm³/mol. The summed E-state index contributed by atoms with van der Waals surface area (Å²) >= 11 is 0. The van der Waals surface area contributed by atoms with Crippen LogP contribution in [0.1, 0.15) is 40.0 Å². The number of hydrogen-bond acceptors (Lipinski definition) is 2. The van der Waals surface area contributed by atoms with Crippen molar-refractivity contribution in [2.75, 3.05) is 6.61 Å². The molecule has 0 saturated carbocycles. The Morgan fingerprint density at radius 1 is 1.33 bits per heavy atom. The van der Waals surface area contributed by atoms with Crippen LogP contribution in [0.15, 0.2) is 0 Å². The Morgan fingerprint density at radius 3 is 1.83 bits per heavy atom. The maximum atomic E-state index is 9.98. The summed E-state index contributed by atoms with van der Waals surface area (Å²) in [7, 11) is 0. The Labute approximate surface area is 86.5 Å². The second-order valence-electron chi connectivity index (χ2n) is 2.19. The van der Waals surface area contributed by atoms with Crippen LogP contribution < -0.4 is 0 Å². The van der Waals surface area contributed by atoms with Gasteiger partial charge in [-0.25, -0.2) is 0 Å². The molecule has 0 fully saturated rings. The zero-order valence-electron chi connectivity index (χ0n) is 8.21. The molecule has 0 unspecified atom stereocenters. The van der Waals surface area contributed by atoms with E-state index in [-0.39, 0.29) is 23.0 Å². The third kappa shape index (κ3) is 32.4. The summed E-state index contributed by atoms with van der Waals surface area (Å²) < 4.78 is 4.55. The van der Waals surface area contributed by atoms with E-state index in [1.54, 1.807) is 0 Å². The molecule has 3 heteroatoms. The van der Waals surface area contributed by atoms with Gasteiger partial charge < -0.3 is 11.7 Å². The van der Waals surface area contributed by atoms with Crippen LogP contribution in [-0.4, -0.2) is 12.6 Å². The molecule has 0 aliphatic heterocycles. The van der Waals surface area contributed by atoms with Crippen molar-refractivity contribution >= 4 is 5.97 Å². The molecule has 0 aromatic rings. The van der Waals surface area contributed by atoms with Crippen molar-refractivity contribution in [3.8, 4) is 0 Å². The van der Waals surface area contributed by atoms with Crippen LogP contribution in [-0.2, 0) is 26.6 Å². The predicted octanol–water partition coefficient (Wildman–Crippen LogP) is 2.58. The van der Waals surface area contributed by atoms with Gasteiger partial charge in [0, 0.05) is 24.0 Å². The standard InChI is InChI=1S/C5H10O2.C4H9.Fe/c1-3-4-7-5(2)6;1-3-4-2;/h3-4H2,1-2H3;1,3-4H2,2H3;/q;-1;. The maximum absolute atomic E-state index is 9.98. The molecular weight excluding hydrogens is 196 g/mol. The van der Waals surface area contributed by atoms with Crippen LogP contribution in [0.2, 0.25) is 0 Å². The quantitative estimate of drug-likeness (QED) is 0.411. The second kappa shape index (κ2) is 17.2. The third-order valence-corrected chi connectivity index (χ3v) is 0.863. The number of rotatable bonds is 3. The molecule has 0 radical (unpaired) electrons. The zero-order valence-corrected chi connectivity index (χ0v) is 9.31. The molecule has 76 valence electrons. The topological polar surface area (TPSA) is 26.3 Å². The molecule has 2 nitrogen and oxygen atoms in total. The van der Waals surface area contributed by atoms with E-state index >= 15 is 0 Å². The summed E-state index contributed by atoms with van der Waals surface area (Å²) in [5.74, 6) is -0.193. The van der Waals surface area contributed by atoms with E-state index in [9.17, 15) is 4.79 Å². The average molecular weight is 215 g/mol. The Balaban J connectivity index is -0.000000142. The van der Waals surface area contributed by atoms with Gasteiger partial charge in [-0.05, 0) is 6.42 Å². The monoisotopic (exact) mass is 215 g/mol. The van der Waals surface area contributed by atoms with Crippen molar-refractivity contribution in [1.29, 1.82) is 0 Å². The summed E-state index contributed by atoms with van der Waals surface area (Å²) in [5.41, 5.74) is 0. The smallest absolute Gasteiger partial charge is 0.302 e. The fourth-order valence-corrected chi connectivity index (χ4v) is 0.246. The van der Waals surface area contributed by atoms with Crippen LogP contribution >= 0.6 is 0 Å². The SMILES string of the molecule is CCCOC(C)=O.[CH2-]CCC.[Fe]. The molecule has 0 spiro atoms. The van der Waals surface area contributed by atoms with E-state index in [2.05, 4.69) is 18.6 Å². The minimum Gasteiger partial charge on any atom is -0.466 e. The molecule has 0 amide bonds. The van der Waals surface area contributed by atoms with Crippen LogP contribution in [0.3, 0.4) is 0 Å². The molecule has 0 heterocycles. The first-order chi connectivity index (χ1) is 5.18. The van der Waals surface area contributed by atoms with Gasteiger partial charge >= 0.3 is 5.97 Å². The van der Waals surface area contributed by atoms with Crippen LogP contribution in [0.25, 0.3) is 0 Å². The van der Waals surface area contributed by atoms with Crippen molar-refractivity contribution in [1.82, 2.24) is 0 Å². The molecule has 12 heavy (non-hydrogen) atoms. The Kier molecular flexibility index (Phi) is 25.7. The number of hydrogen-bond donors (Lipinski definition) is 0. The molecule has 0 atom stereocenters.